The molecule has 1 saturated carbocycles. The molecule has 0 atom stereocenters. The van der Waals surface area contributed by atoms with E-state index in [1.165, 1.54) is 6.07 Å². The number of rotatable bonds is 6. The summed E-state index contributed by atoms with van der Waals surface area (Å²) in [4.78, 5) is 17.4. The molecule has 2 aromatic carbocycles. The maximum atomic E-state index is 13.9. The van der Waals surface area contributed by atoms with Crippen molar-refractivity contribution in [2.75, 3.05) is 11.9 Å². The van der Waals surface area contributed by atoms with Gasteiger partial charge in [0.25, 0.3) is 5.91 Å². The second-order valence-corrected chi connectivity index (χ2v) is 8.07. The molecule has 9 heteroatoms. The molecule has 0 aliphatic heterocycles. The van der Waals surface area contributed by atoms with E-state index in [1.807, 2.05) is 6.07 Å². The maximum Gasteiger partial charge on any atom is 0.277 e. The number of halogens is 4. The Morgan fingerprint density at radius 1 is 1.23 bits per heavy atom. The smallest absolute Gasteiger partial charge is 0.277 e. The molecular weight excluding hydrogens is 497 g/mol. The average Bonchev–Trinajstić information content (AvgIpc) is 3.30. The molecule has 0 saturated heterocycles. The van der Waals surface area contributed by atoms with Crippen LogP contribution in [0.4, 0.5) is 15.8 Å². The van der Waals surface area contributed by atoms with Crippen molar-refractivity contribution in [3.05, 3.63) is 55.3 Å². The number of benzene rings is 2. The van der Waals surface area contributed by atoms with Crippen LogP contribution in [0, 0.1) is 9.39 Å². The number of hydrogen-bond donors (Lipinski definition) is 3. The van der Waals surface area contributed by atoms with Crippen molar-refractivity contribution in [3.8, 4) is 0 Å². The van der Waals surface area contributed by atoms with Gasteiger partial charge in [0.1, 0.15) is 12.4 Å². The van der Waals surface area contributed by atoms with Crippen molar-refractivity contribution in [2.24, 2.45) is 0 Å². The fourth-order valence-corrected chi connectivity index (χ4v) is 3.22. The van der Waals surface area contributed by atoms with Crippen LogP contribution in [-0.4, -0.2) is 23.2 Å². The molecule has 0 radical (unpaired) electrons. The van der Waals surface area contributed by atoms with E-state index in [-0.39, 0.29) is 22.9 Å². The first-order valence-electron chi connectivity index (χ1n) is 7.63. The van der Waals surface area contributed by atoms with Crippen LogP contribution in [-0.2, 0) is 4.84 Å². The van der Waals surface area contributed by atoms with E-state index in [4.69, 9.17) is 28.0 Å². The number of hydroxylamine groups is 1. The Labute approximate surface area is 172 Å². The zero-order valence-corrected chi connectivity index (χ0v) is 17.0. The van der Waals surface area contributed by atoms with Crippen LogP contribution >= 0.6 is 45.8 Å². The predicted octanol–water partition coefficient (Wildman–Crippen LogP) is 4.67. The molecule has 0 aromatic heterocycles. The van der Waals surface area contributed by atoms with Crippen molar-refractivity contribution in [1.82, 2.24) is 5.48 Å². The Balaban J connectivity index is 1.81. The molecule has 0 unspecified atom stereocenters. The number of aliphatic hydroxyl groups is 1. The molecule has 138 valence electrons. The number of carbonyl (C=O) groups excluding carboxylic acids is 1. The van der Waals surface area contributed by atoms with Gasteiger partial charge in [0.2, 0.25) is 0 Å². The van der Waals surface area contributed by atoms with Crippen molar-refractivity contribution in [2.45, 2.75) is 18.4 Å². The van der Waals surface area contributed by atoms with E-state index in [0.29, 0.717) is 23.6 Å². The van der Waals surface area contributed by atoms with Gasteiger partial charge in [0.15, 0.2) is 0 Å². The fourth-order valence-electron chi connectivity index (χ4n) is 2.15. The minimum Gasteiger partial charge on any atom is -0.387 e. The molecule has 1 aliphatic rings. The topological polar surface area (TPSA) is 70.6 Å². The lowest BCUT2D eigenvalue weighted by Crippen LogP contribution is -2.29. The molecule has 0 spiro atoms. The highest BCUT2D eigenvalue weighted by Gasteiger charge is 2.41. The van der Waals surface area contributed by atoms with Crippen molar-refractivity contribution < 1.29 is 19.1 Å². The van der Waals surface area contributed by atoms with Gasteiger partial charge >= 0.3 is 0 Å². The van der Waals surface area contributed by atoms with Gasteiger partial charge in [-0.15, -0.1) is 0 Å². The lowest BCUT2D eigenvalue weighted by atomic mass is 10.1. The maximum absolute atomic E-state index is 13.9. The minimum atomic E-state index is -0.872. The van der Waals surface area contributed by atoms with Gasteiger partial charge in [-0.1, -0.05) is 23.2 Å². The van der Waals surface area contributed by atoms with E-state index in [9.17, 15) is 14.3 Å². The molecule has 5 nitrogen and oxygen atoms in total. The van der Waals surface area contributed by atoms with Gasteiger partial charge in [0.05, 0.1) is 32.6 Å². The van der Waals surface area contributed by atoms with Crippen LogP contribution in [0.1, 0.15) is 23.2 Å². The number of anilines is 2. The third-order valence-corrected chi connectivity index (χ3v) is 5.11. The van der Waals surface area contributed by atoms with Gasteiger partial charge in [-0.25, -0.2) is 9.87 Å². The number of carbonyl (C=O) groups is 1. The van der Waals surface area contributed by atoms with Crippen molar-refractivity contribution in [1.29, 1.82) is 0 Å². The minimum absolute atomic E-state index is 0.0145. The van der Waals surface area contributed by atoms with Crippen molar-refractivity contribution >= 4 is 63.1 Å². The summed E-state index contributed by atoms with van der Waals surface area (Å²) in [5, 5.41) is 12.9. The van der Waals surface area contributed by atoms with Gasteiger partial charge < -0.3 is 10.4 Å². The summed E-state index contributed by atoms with van der Waals surface area (Å²) in [6, 6.07) is 7.58. The molecule has 3 N–H and O–H groups in total. The second kappa shape index (κ2) is 7.85. The summed E-state index contributed by atoms with van der Waals surface area (Å²) in [6.07, 6.45) is 1.26. The lowest BCUT2D eigenvalue weighted by Gasteiger charge is -2.15. The van der Waals surface area contributed by atoms with Crippen LogP contribution < -0.4 is 10.8 Å². The molecule has 3 rings (SSSR count). The Morgan fingerprint density at radius 3 is 2.62 bits per heavy atom. The monoisotopic (exact) mass is 510 g/mol. The summed E-state index contributed by atoms with van der Waals surface area (Å²) in [5.41, 5.74) is 2.14. The lowest BCUT2D eigenvalue weighted by molar-refractivity contribution is -0.0230. The first-order valence-corrected chi connectivity index (χ1v) is 9.46. The average molecular weight is 511 g/mol. The molecule has 1 fully saturated rings. The van der Waals surface area contributed by atoms with Crippen LogP contribution in [0.15, 0.2) is 30.3 Å². The third-order valence-electron chi connectivity index (χ3n) is 3.84. The zero-order chi connectivity index (χ0) is 18.9. The Kier molecular flexibility index (Phi) is 5.93. The van der Waals surface area contributed by atoms with Crippen LogP contribution in [0.3, 0.4) is 0 Å². The summed E-state index contributed by atoms with van der Waals surface area (Å²) in [5.74, 6) is -1.30. The molecule has 0 bridgehead atoms. The van der Waals surface area contributed by atoms with E-state index in [2.05, 4.69) is 33.4 Å². The predicted molar refractivity (Wildman–Crippen MR) is 106 cm³/mol. The van der Waals surface area contributed by atoms with Gasteiger partial charge in [-0.3, -0.25) is 9.63 Å². The standard InChI is InChI=1S/C17H14Cl2FIN2O3/c18-11-6-10(16(24)23-26-8-17(25)3-4-17)15(7-13(11)20)22-14-2-1-9(21)5-12(14)19/h1-2,5-7,22,25H,3-4,8H2,(H,23,24). The highest BCUT2D eigenvalue weighted by atomic mass is 127. The quantitative estimate of drug-likeness (QED) is 0.390. The molecule has 2 aromatic rings. The summed E-state index contributed by atoms with van der Waals surface area (Å²) < 4.78 is 14.8. The summed E-state index contributed by atoms with van der Waals surface area (Å²) in [6.45, 7) is -0.0145. The molecular formula is C17H14Cl2FIN2O3. The number of amides is 1. The van der Waals surface area contributed by atoms with Crippen LogP contribution in [0.25, 0.3) is 0 Å². The van der Waals surface area contributed by atoms with Crippen molar-refractivity contribution in [3.63, 3.8) is 0 Å². The zero-order valence-electron chi connectivity index (χ0n) is 13.3. The first kappa shape index (κ1) is 19.6. The highest BCUT2D eigenvalue weighted by molar-refractivity contribution is 14.1. The number of nitrogens with one attached hydrogen (secondary N) is 2. The van der Waals surface area contributed by atoms with E-state index < -0.39 is 17.3 Å². The van der Waals surface area contributed by atoms with Gasteiger partial charge in [-0.05, 0) is 65.8 Å². The van der Waals surface area contributed by atoms with E-state index in [1.54, 1.807) is 12.1 Å². The largest absolute Gasteiger partial charge is 0.387 e. The van der Waals surface area contributed by atoms with Crippen LogP contribution in [0.2, 0.25) is 10.0 Å². The Morgan fingerprint density at radius 2 is 1.96 bits per heavy atom. The molecule has 26 heavy (non-hydrogen) atoms. The Bertz CT molecular complexity index is 862. The normalized spacial score (nSPS) is 14.8. The summed E-state index contributed by atoms with van der Waals surface area (Å²) >= 11 is 14.1. The van der Waals surface area contributed by atoms with Gasteiger partial charge in [-0.2, -0.15) is 0 Å². The molecule has 1 aliphatic carbocycles. The highest BCUT2D eigenvalue weighted by Crippen LogP contribution is 2.35. The third kappa shape index (κ3) is 4.77. The fraction of sp³-hybridized carbons (Fsp3) is 0.235. The Hall–Kier alpha value is -1.13. The molecule has 1 amide bonds. The van der Waals surface area contributed by atoms with Gasteiger partial charge in [0, 0.05) is 3.57 Å². The van der Waals surface area contributed by atoms with E-state index >= 15 is 0 Å². The summed E-state index contributed by atoms with van der Waals surface area (Å²) in [7, 11) is 0. The SMILES string of the molecule is O=C(NOCC1(O)CC1)c1cc(Cl)c(F)cc1Nc1ccc(I)cc1Cl. The first-order chi connectivity index (χ1) is 12.3. The van der Waals surface area contributed by atoms with Crippen LogP contribution in [0.5, 0.6) is 0 Å². The number of hydrogen-bond acceptors (Lipinski definition) is 4. The van der Waals surface area contributed by atoms with E-state index in [0.717, 1.165) is 9.64 Å². The molecule has 0 heterocycles. The second-order valence-electron chi connectivity index (χ2n) is 6.01.